The molecular weight excluding hydrogens is 800 g/mol. The summed E-state index contributed by atoms with van der Waals surface area (Å²) < 4.78 is 42.9. The molecule has 0 unspecified atom stereocenters. The van der Waals surface area contributed by atoms with Gasteiger partial charge in [-0.2, -0.15) is 0 Å². The molecule has 62 heavy (non-hydrogen) atoms. The Hall–Kier alpha value is -6.15. The summed E-state index contributed by atoms with van der Waals surface area (Å²) in [5.74, 6) is -1.55. The van der Waals surface area contributed by atoms with Gasteiger partial charge in [0.25, 0.3) is 5.91 Å². The molecule has 11 nitrogen and oxygen atoms in total. The number of carbonyl (C=O) groups is 4. The Balaban J connectivity index is 0.823. The minimum atomic E-state index is -4.78. The van der Waals surface area contributed by atoms with Crippen molar-refractivity contribution in [3.8, 4) is 5.75 Å². The first-order chi connectivity index (χ1) is 29.9. The molecule has 4 aromatic rings. The molecule has 0 aromatic heterocycles. The van der Waals surface area contributed by atoms with E-state index in [4.69, 9.17) is 0 Å². The van der Waals surface area contributed by atoms with Crippen LogP contribution in [0.1, 0.15) is 87.1 Å². The molecule has 0 bridgehead atoms. The lowest BCUT2D eigenvalue weighted by Gasteiger charge is -2.40. The molecule has 4 heterocycles. The minimum absolute atomic E-state index is 0.158. The van der Waals surface area contributed by atoms with E-state index in [0.717, 1.165) is 115 Å². The van der Waals surface area contributed by atoms with E-state index in [1.165, 1.54) is 12.1 Å². The summed E-state index contributed by atoms with van der Waals surface area (Å²) in [7, 11) is 0. The number of carbonyl (C=O) groups excluding carboxylic acids is 3. The average molecular weight is 848 g/mol. The molecule has 3 amide bonds. The first-order valence-corrected chi connectivity index (χ1v) is 21.4. The number of allylic oxidation sites excluding steroid dienone is 1. The fourth-order valence-electron chi connectivity index (χ4n) is 9.92. The second-order valence-electron chi connectivity index (χ2n) is 17.0. The third-order valence-corrected chi connectivity index (χ3v) is 13.1. The maximum atomic E-state index is 13.2. The van der Waals surface area contributed by atoms with Gasteiger partial charge in [0.05, 0.1) is 5.56 Å². The van der Waals surface area contributed by atoms with Crippen molar-refractivity contribution in [2.24, 2.45) is 5.92 Å². The fourth-order valence-corrected chi connectivity index (χ4v) is 9.92. The lowest BCUT2D eigenvalue weighted by molar-refractivity contribution is -0.274. The average Bonchev–Trinajstić information content (AvgIpc) is 3.45. The van der Waals surface area contributed by atoms with Gasteiger partial charge >= 0.3 is 12.3 Å². The Labute approximate surface area is 357 Å². The van der Waals surface area contributed by atoms with Crippen LogP contribution in [0.15, 0.2) is 84.9 Å². The lowest BCUT2D eigenvalue weighted by atomic mass is 9.87. The molecule has 3 saturated heterocycles. The zero-order chi connectivity index (χ0) is 43.1. The van der Waals surface area contributed by atoms with Crippen LogP contribution in [0.2, 0.25) is 0 Å². The van der Waals surface area contributed by atoms with E-state index in [1.807, 2.05) is 18.2 Å². The van der Waals surface area contributed by atoms with Crippen molar-refractivity contribution in [2.45, 2.75) is 63.9 Å². The first kappa shape index (κ1) is 41.2. The molecule has 0 saturated carbocycles. The van der Waals surface area contributed by atoms with Crippen LogP contribution < -0.4 is 19.9 Å². The number of anilines is 2. The highest BCUT2D eigenvalue weighted by molar-refractivity contribution is 6.05. The Morgan fingerprint density at radius 1 is 0.726 bits per heavy atom. The largest absolute Gasteiger partial charge is 0.573 e. The van der Waals surface area contributed by atoms with Gasteiger partial charge in [0.1, 0.15) is 11.8 Å². The number of amides is 3. The van der Waals surface area contributed by atoms with Crippen LogP contribution in [0.25, 0.3) is 11.1 Å². The molecule has 5 aliphatic rings. The Bertz CT molecular complexity index is 2420. The van der Waals surface area contributed by atoms with Gasteiger partial charge in [-0.05, 0) is 138 Å². The Kier molecular flexibility index (Phi) is 11.3. The SMILES string of the molecule is O=C1CC[C@H](N2Cc3cc(N4CCN(CC5CCN(c6ccc(C7=C(c8ccc(OC(F)(F)F)cc8)CCCc8cc(C(=O)O)ccc87)cc6)CC5)CC4)ccc3C2=O)C(=O)N1. The zero-order valence-corrected chi connectivity index (χ0v) is 34.3. The summed E-state index contributed by atoms with van der Waals surface area (Å²) in [5, 5.41) is 12.1. The predicted octanol–water partition coefficient (Wildman–Crippen LogP) is 7.38. The minimum Gasteiger partial charge on any atom is -0.478 e. The standard InChI is InChI=1S/C48H48F3N5O6/c49-48(50,51)62-38-12-6-31(7-13-38)39-3-1-2-33-26-34(47(60)61)8-14-40(33)44(39)32-4-9-36(10-5-32)54-20-18-30(19-21-54)28-53-22-24-55(25-23-53)37-11-15-41-35(27-37)29-56(46(41)59)42-16-17-43(57)52-45(42)58/h4-15,26-27,30,42H,1-3,16-25,28-29H2,(H,60,61)(H,52,57,58)/t42-/m0/s1. The second-order valence-corrected chi connectivity index (χ2v) is 17.0. The van der Waals surface area contributed by atoms with E-state index in [9.17, 15) is 37.5 Å². The number of fused-ring (bicyclic) bond motifs is 2. The normalized spacial score (nSPS) is 20.2. The number of carboxylic acid groups (broad SMARTS) is 1. The van der Waals surface area contributed by atoms with Crippen molar-refractivity contribution in [3.05, 3.63) is 124 Å². The van der Waals surface area contributed by atoms with Gasteiger partial charge in [0, 0.05) is 75.7 Å². The number of rotatable bonds is 9. The van der Waals surface area contributed by atoms with E-state index < -0.39 is 24.3 Å². The Morgan fingerprint density at radius 2 is 1.40 bits per heavy atom. The summed E-state index contributed by atoms with van der Waals surface area (Å²) in [6, 6.07) is 25.0. The van der Waals surface area contributed by atoms with Crippen LogP contribution in [0.4, 0.5) is 24.5 Å². The zero-order valence-electron chi connectivity index (χ0n) is 34.3. The van der Waals surface area contributed by atoms with Crippen LogP contribution in [0.5, 0.6) is 5.75 Å². The summed E-state index contributed by atoms with van der Waals surface area (Å²) in [6.45, 7) is 6.96. The topological polar surface area (TPSA) is 123 Å². The number of halogens is 3. The van der Waals surface area contributed by atoms with Crippen LogP contribution in [0, 0.1) is 5.92 Å². The van der Waals surface area contributed by atoms with Gasteiger partial charge in [0.2, 0.25) is 11.8 Å². The third kappa shape index (κ3) is 8.65. The maximum absolute atomic E-state index is 13.2. The number of alkyl halides is 3. The van der Waals surface area contributed by atoms with E-state index >= 15 is 0 Å². The number of aromatic carboxylic acids is 1. The van der Waals surface area contributed by atoms with Crippen molar-refractivity contribution in [2.75, 3.05) is 55.6 Å². The number of aryl methyl sites for hydroxylation is 1. The van der Waals surface area contributed by atoms with Gasteiger partial charge < -0.3 is 24.5 Å². The van der Waals surface area contributed by atoms with Crippen molar-refractivity contribution >= 4 is 46.2 Å². The van der Waals surface area contributed by atoms with Gasteiger partial charge in [-0.15, -0.1) is 13.2 Å². The molecule has 14 heteroatoms. The molecule has 4 aliphatic heterocycles. The van der Waals surface area contributed by atoms with Crippen LogP contribution in [-0.4, -0.2) is 96.8 Å². The number of benzene rings is 4. The van der Waals surface area contributed by atoms with E-state index in [-0.39, 0.29) is 29.5 Å². The van der Waals surface area contributed by atoms with Crippen molar-refractivity contribution < 1.29 is 42.2 Å². The Morgan fingerprint density at radius 3 is 2.10 bits per heavy atom. The van der Waals surface area contributed by atoms with Crippen LogP contribution in [-0.2, 0) is 22.6 Å². The van der Waals surface area contributed by atoms with E-state index in [2.05, 4.69) is 55.1 Å². The number of carboxylic acids is 1. The molecule has 1 aliphatic carbocycles. The number of hydrogen-bond donors (Lipinski definition) is 2. The van der Waals surface area contributed by atoms with Crippen molar-refractivity contribution in [3.63, 3.8) is 0 Å². The van der Waals surface area contributed by atoms with E-state index in [1.54, 1.807) is 29.2 Å². The third-order valence-electron chi connectivity index (χ3n) is 13.1. The summed E-state index contributed by atoms with van der Waals surface area (Å²) in [4.78, 5) is 58.1. The van der Waals surface area contributed by atoms with Gasteiger partial charge in [-0.25, -0.2) is 4.79 Å². The molecule has 0 radical (unpaired) electrons. The first-order valence-electron chi connectivity index (χ1n) is 21.4. The molecule has 322 valence electrons. The number of nitrogens with one attached hydrogen (secondary N) is 1. The molecule has 0 spiro atoms. The number of piperazine rings is 1. The highest BCUT2D eigenvalue weighted by Crippen LogP contribution is 2.41. The second kappa shape index (κ2) is 17.0. The summed E-state index contributed by atoms with van der Waals surface area (Å²) in [5.41, 5.74) is 9.52. The molecule has 2 N–H and O–H groups in total. The molecule has 9 rings (SSSR count). The molecular formula is C48H48F3N5O6. The highest BCUT2D eigenvalue weighted by atomic mass is 19.4. The maximum Gasteiger partial charge on any atom is 0.573 e. The summed E-state index contributed by atoms with van der Waals surface area (Å²) in [6.07, 6.45) is 0.0429. The fraction of sp³-hybridized carbons (Fsp3) is 0.375. The van der Waals surface area contributed by atoms with Crippen molar-refractivity contribution in [1.29, 1.82) is 0 Å². The monoisotopic (exact) mass is 847 g/mol. The number of ether oxygens (including phenoxy) is 1. The van der Waals surface area contributed by atoms with Gasteiger partial charge in [-0.1, -0.05) is 30.3 Å². The van der Waals surface area contributed by atoms with Crippen LogP contribution in [0.3, 0.4) is 0 Å². The summed E-state index contributed by atoms with van der Waals surface area (Å²) >= 11 is 0. The van der Waals surface area contributed by atoms with Crippen molar-refractivity contribution in [1.82, 2.24) is 15.1 Å². The number of imide groups is 1. The molecule has 4 aromatic carbocycles. The number of piperidine rings is 2. The van der Waals surface area contributed by atoms with Crippen LogP contribution >= 0.6 is 0 Å². The highest BCUT2D eigenvalue weighted by Gasteiger charge is 2.39. The quantitative estimate of drug-likeness (QED) is 0.166. The predicted molar refractivity (Wildman–Crippen MR) is 228 cm³/mol. The number of hydrogen-bond acceptors (Lipinski definition) is 8. The number of nitrogens with zero attached hydrogens (tertiary/aromatic N) is 4. The van der Waals surface area contributed by atoms with E-state index in [0.29, 0.717) is 37.3 Å². The lowest BCUT2D eigenvalue weighted by Crippen LogP contribution is -2.52. The smallest absolute Gasteiger partial charge is 0.478 e. The molecule has 3 fully saturated rings. The molecule has 1 atom stereocenters. The van der Waals surface area contributed by atoms with Gasteiger partial charge in [0.15, 0.2) is 0 Å². The van der Waals surface area contributed by atoms with Gasteiger partial charge in [-0.3, -0.25) is 24.6 Å².